The molecule has 1 rings (SSSR count). The quantitative estimate of drug-likeness (QED) is 0.545. The van der Waals surface area contributed by atoms with Gasteiger partial charge < -0.3 is 15.5 Å². The van der Waals surface area contributed by atoms with Gasteiger partial charge in [-0.15, -0.1) is 12.4 Å². The number of halogens is 1. The summed E-state index contributed by atoms with van der Waals surface area (Å²) < 4.78 is 0. The number of aliphatic carboxylic acids is 1. The van der Waals surface area contributed by atoms with Gasteiger partial charge in [0.25, 0.3) is 0 Å². The van der Waals surface area contributed by atoms with Gasteiger partial charge >= 0.3 is 5.97 Å². The van der Waals surface area contributed by atoms with Crippen LogP contribution in [0.5, 0.6) is 0 Å². The van der Waals surface area contributed by atoms with E-state index in [4.69, 9.17) is 5.11 Å². The average molecular weight is 196 g/mol. The molecule has 0 saturated carbocycles. The first-order chi connectivity index (χ1) is 5.22. The zero-order chi connectivity index (χ0) is 8.27. The summed E-state index contributed by atoms with van der Waals surface area (Å²) in [5.74, 6) is -1.54. The molecular weight excluding hydrogens is 182 g/mol. The number of carboxylic acid groups (broad SMARTS) is 1. The SMILES string of the molecule is Cl.O=C(O)[C@@H]1CNCCC[C@H]1O. The summed E-state index contributed by atoms with van der Waals surface area (Å²) >= 11 is 0. The Morgan fingerprint density at radius 2 is 2.17 bits per heavy atom. The number of aliphatic hydroxyl groups is 1. The average Bonchev–Trinajstić information content (AvgIpc) is 2.13. The van der Waals surface area contributed by atoms with Crippen LogP contribution in [0.4, 0.5) is 0 Å². The van der Waals surface area contributed by atoms with E-state index in [1.807, 2.05) is 0 Å². The van der Waals surface area contributed by atoms with Crippen molar-refractivity contribution in [1.29, 1.82) is 0 Å². The molecule has 4 nitrogen and oxygen atoms in total. The van der Waals surface area contributed by atoms with E-state index < -0.39 is 18.0 Å². The van der Waals surface area contributed by atoms with Crippen LogP contribution in [0.1, 0.15) is 12.8 Å². The highest BCUT2D eigenvalue weighted by atomic mass is 35.5. The maximum atomic E-state index is 10.5. The molecule has 72 valence electrons. The predicted molar refractivity (Wildman–Crippen MR) is 46.5 cm³/mol. The van der Waals surface area contributed by atoms with Crippen molar-refractivity contribution < 1.29 is 15.0 Å². The summed E-state index contributed by atoms with van der Waals surface area (Å²) in [4.78, 5) is 10.5. The lowest BCUT2D eigenvalue weighted by molar-refractivity contribution is -0.145. The molecule has 0 aromatic heterocycles. The minimum Gasteiger partial charge on any atom is -0.481 e. The Morgan fingerprint density at radius 1 is 1.50 bits per heavy atom. The van der Waals surface area contributed by atoms with Crippen LogP contribution in [-0.4, -0.2) is 35.4 Å². The molecular formula is C7H14ClNO3. The van der Waals surface area contributed by atoms with Crippen molar-refractivity contribution in [3.05, 3.63) is 0 Å². The van der Waals surface area contributed by atoms with Gasteiger partial charge in [-0.25, -0.2) is 0 Å². The van der Waals surface area contributed by atoms with E-state index in [0.717, 1.165) is 13.0 Å². The fourth-order valence-corrected chi connectivity index (χ4v) is 1.28. The van der Waals surface area contributed by atoms with E-state index in [1.165, 1.54) is 0 Å². The zero-order valence-electron chi connectivity index (χ0n) is 6.69. The first kappa shape index (κ1) is 11.7. The van der Waals surface area contributed by atoms with Crippen molar-refractivity contribution in [2.75, 3.05) is 13.1 Å². The van der Waals surface area contributed by atoms with Gasteiger partial charge in [-0.3, -0.25) is 4.79 Å². The van der Waals surface area contributed by atoms with Crippen LogP contribution in [0.2, 0.25) is 0 Å². The second kappa shape index (κ2) is 5.35. The lowest BCUT2D eigenvalue weighted by Crippen LogP contribution is -2.34. The van der Waals surface area contributed by atoms with Crippen molar-refractivity contribution in [2.45, 2.75) is 18.9 Å². The van der Waals surface area contributed by atoms with Crippen LogP contribution >= 0.6 is 12.4 Å². The first-order valence-corrected chi connectivity index (χ1v) is 3.83. The Morgan fingerprint density at radius 3 is 2.75 bits per heavy atom. The third-order valence-corrected chi connectivity index (χ3v) is 2.00. The Hall–Kier alpha value is -0.320. The number of hydrogen-bond donors (Lipinski definition) is 3. The summed E-state index contributed by atoms with van der Waals surface area (Å²) in [6, 6.07) is 0. The van der Waals surface area contributed by atoms with Crippen molar-refractivity contribution >= 4 is 18.4 Å². The fourth-order valence-electron chi connectivity index (χ4n) is 1.28. The molecule has 0 radical (unpaired) electrons. The number of hydrogen-bond acceptors (Lipinski definition) is 3. The molecule has 5 heteroatoms. The second-order valence-electron chi connectivity index (χ2n) is 2.86. The van der Waals surface area contributed by atoms with Gasteiger partial charge in [-0.1, -0.05) is 0 Å². The topological polar surface area (TPSA) is 69.6 Å². The molecule has 0 spiro atoms. The molecule has 1 aliphatic heterocycles. The summed E-state index contributed by atoms with van der Waals surface area (Å²) in [5.41, 5.74) is 0. The van der Waals surface area contributed by atoms with Crippen LogP contribution in [0.25, 0.3) is 0 Å². The Balaban J connectivity index is 0.00000121. The van der Waals surface area contributed by atoms with Gasteiger partial charge in [0.15, 0.2) is 0 Å². The largest absolute Gasteiger partial charge is 0.481 e. The van der Waals surface area contributed by atoms with E-state index in [2.05, 4.69) is 5.32 Å². The van der Waals surface area contributed by atoms with Gasteiger partial charge in [0.2, 0.25) is 0 Å². The molecule has 1 heterocycles. The first-order valence-electron chi connectivity index (χ1n) is 3.83. The number of rotatable bonds is 1. The molecule has 2 atom stereocenters. The lowest BCUT2D eigenvalue weighted by Gasteiger charge is -2.14. The Labute approximate surface area is 77.4 Å². The van der Waals surface area contributed by atoms with E-state index >= 15 is 0 Å². The maximum Gasteiger partial charge on any atom is 0.310 e. The van der Waals surface area contributed by atoms with Gasteiger partial charge in [0, 0.05) is 6.54 Å². The predicted octanol–water partition coefficient (Wildman–Crippen LogP) is -0.147. The highest BCUT2D eigenvalue weighted by Crippen LogP contribution is 2.11. The van der Waals surface area contributed by atoms with Crippen molar-refractivity contribution in [1.82, 2.24) is 5.32 Å². The minimum absolute atomic E-state index is 0. The summed E-state index contributed by atoms with van der Waals surface area (Å²) in [7, 11) is 0. The molecule has 0 bridgehead atoms. The van der Waals surface area contributed by atoms with E-state index in [0.29, 0.717) is 13.0 Å². The molecule has 0 aromatic rings. The van der Waals surface area contributed by atoms with Crippen LogP contribution in [0, 0.1) is 5.92 Å². The Bertz CT molecular complexity index is 154. The normalized spacial score (nSPS) is 30.1. The van der Waals surface area contributed by atoms with Gasteiger partial charge in [0.05, 0.1) is 12.0 Å². The van der Waals surface area contributed by atoms with Crippen LogP contribution in [-0.2, 0) is 4.79 Å². The number of carboxylic acids is 1. The number of nitrogens with one attached hydrogen (secondary N) is 1. The fraction of sp³-hybridized carbons (Fsp3) is 0.857. The molecule has 0 amide bonds. The van der Waals surface area contributed by atoms with Crippen molar-refractivity contribution in [2.24, 2.45) is 5.92 Å². The van der Waals surface area contributed by atoms with Crippen molar-refractivity contribution in [3.8, 4) is 0 Å². The molecule has 12 heavy (non-hydrogen) atoms. The van der Waals surface area contributed by atoms with Gasteiger partial charge in [-0.2, -0.15) is 0 Å². The van der Waals surface area contributed by atoms with Gasteiger partial charge in [-0.05, 0) is 19.4 Å². The molecule has 0 aromatic carbocycles. The van der Waals surface area contributed by atoms with E-state index in [9.17, 15) is 9.90 Å². The molecule has 0 unspecified atom stereocenters. The van der Waals surface area contributed by atoms with Crippen LogP contribution < -0.4 is 5.32 Å². The smallest absolute Gasteiger partial charge is 0.310 e. The van der Waals surface area contributed by atoms with E-state index in [-0.39, 0.29) is 12.4 Å². The zero-order valence-corrected chi connectivity index (χ0v) is 7.51. The molecule has 1 aliphatic rings. The molecule has 3 N–H and O–H groups in total. The second-order valence-corrected chi connectivity index (χ2v) is 2.86. The third kappa shape index (κ3) is 2.97. The maximum absolute atomic E-state index is 10.5. The minimum atomic E-state index is -0.910. The number of aliphatic hydroxyl groups excluding tert-OH is 1. The van der Waals surface area contributed by atoms with Crippen LogP contribution in [0.3, 0.4) is 0 Å². The standard InChI is InChI=1S/C7H13NO3.ClH/c9-6-2-1-3-8-4-5(6)7(10)11;/h5-6,8-9H,1-4H2,(H,10,11);1H/t5-,6-;/m1./s1. The van der Waals surface area contributed by atoms with Gasteiger partial charge in [0.1, 0.15) is 0 Å². The Kier molecular flexibility index (Phi) is 5.20. The number of carbonyl (C=O) groups is 1. The lowest BCUT2D eigenvalue weighted by atomic mass is 10.0. The summed E-state index contributed by atoms with van der Waals surface area (Å²) in [6.45, 7) is 1.19. The highest BCUT2D eigenvalue weighted by molar-refractivity contribution is 5.85. The van der Waals surface area contributed by atoms with Crippen molar-refractivity contribution in [3.63, 3.8) is 0 Å². The third-order valence-electron chi connectivity index (χ3n) is 2.00. The molecule has 1 fully saturated rings. The monoisotopic (exact) mass is 195 g/mol. The van der Waals surface area contributed by atoms with Crippen LogP contribution in [0.15, 0.2) is 0 Å². The highest BCUT2D eigenvalue weighted by Gasteiger charge is 2.27. The summed E-state index contributed by atoms with van der Waals surface area (Å²) in [5, 5.41) is 20.9. The molecule has 0 aliphatic carbocycles. The molecule has 1 saturated heterocycles. The van der Waals surface area contributed by atoms with E-state index in [1.54, 1.807) is 0 Å². The summed E-state index contributed by atoms with van der Waals surface area (Å²) in [6.07, 6.45) is 0.761.